The lowest BCUT2D eigenvalue weighted by molar-refractivity contribution is -0.123. The average molecular weight is 518 g/mol. The molecule has 0 saturated carbocycles. The van der Waals surface area contributed by atoms with Crippen molar-refractivity contribution < 1.29 is 24.2 Å². The number of nitrogens with zero attached hydrogens (tertiary/aromatic N) is 2. The summed E-state index contributed by atoms with van der Waals surface area (Å²) in [6.45, 7) is 2.39. The molecule has 0 spiro atoms. The van der Waals surface area contributed by atoms with Gasteiger partial charge in [0, 0.05) is 42.9 Å². The minimum absolute atomic E-state index is 0.0578. The van der Waals surface area contributed by atoms with Gasteiger partial charge >= 0.3 is 0 Å². The molecule has 0 bridgehead atoms. The first-order valence-electron chi connectivity index (χ1n) is 12.2. The van der Waals surface area contributed by atoms with E-state index < -0.39 is 5.78 Å². The zero-order chi connectivity index (χ0) is 27.1. The van der Waals surface area contributed by atoms with Gasteiger partial charge < -0.3 is 31.5 Å². The number of carbonyl (C=O) groups is 2. The molecule has 198 valence electrons. The van der Waals surface area contributed by atoms with Gasteiger partial charge in [-0.3, -0.25) is 14.5 Å². The fraction of sp³-hybridized carbons (Fsp3) is 0.250. The maximum absolute atomic E-state index is 13.0. The number of ketones is 1. The number of likely N-dealkylation sites (tertiary alicyclic amines) is 1. The molecule has 1 amide bonds. The zero-order valence-electron chi connectivity index (χ0n) is 21.1. The van der Waals surface area contributed by atoms with Gasteiger partial charge in [-0.15, -0.1) is 0 Å². The van der Waals surface area contributed by atoms with Gasteiger partial charge in [-0.25, -0.2) is 0 Å². The molecule has 1 atom stereocenters. The van der Waals surface area contributed by atoms with Crippen LogP contribution in [0.1, 0.15) is 27.9 Å². The van der Waals surface area contributed by atoms with Gasteiger partial charge in [-0.2, -0.15) is 5.10 Å². The number of hydrogen-bond donors (Lipinski definition) is 4. The number of Topliss-reactive ketones (excluding diaryl/α,β-unsaturated/α-hetero) is 1. The van der Waals surface area contributed by atoms with Gasteiger partial charge in [0.2, 0.25) is 5.78 Å². The number of nitrogens with one attached hydrogen (secondary N) is 1. The lowest BCUT2D eigenvalue weighted by atomic mass is 9.99. The van der Waals surface area contributed by atoms with E-state index in [0.29, 0.717) is 17.1 Å². The topological polar surface area (TPSA) is 152 Å². The van der Waals surface area contributed by atoms with Gasteiger partial charge in [-0.05, 0) is 42.3 Å². The predicted octanol–water partition coefficient (Wildman–Crippen LogP) is 2.30. The standard InChI is InChI=1S/C28H31N5O5/c1-37-25-14-21(8-9-22(25)27(32-30)28(36)19-7-10-24(34)23(29)13-19)38-17-26(35)31-20-11-12-33(16-20)15-18-5-3-2-4-6-18/h2-10,13-14,20,34H,11-12,15-17,29-30H2,1H3,(H,31,35)/t20-/m0/s1. The monoisotopic (exact) mass is 517 g/mol. The molecule has 1 fully saturated rings. The van der Waals surface area contributed by atoms with Crippen molar-refractivity contribution in [1.82, 2.24) is 10.2 Å². The maximum atomic E-state index is 13.0. The number of anilines is 1. The number of amides is 1. The van der Waals surface area contributed by atoms with Crippen LogP contribution in [-0.4, -0.2) is 60.3 Å². The van der Waals surface area contributed by atoms with Gasteiger partial charge in [0.05, 0.1) is 12.8 Å². The summed E-state index contributed by atoms with van der Waals surface area (Å²) in [5.41, 5.74) is 7.51. The molecule has 38 heavy (non-hydrogen) atoms. The maximum Gasteiger partial charge on any atom is 0.258 e. The number of hydrazone groups is 1. The summed E-state index contributed by atoms with van der Waals surface area (Å²) in [6.07, 6.45) is 0.878. The van der Waals surface area contributed by atoms with Crippen LogP contribution in [0.25, 0.3) is 0 Å². The predicted molar refractivity (Wildman–Crippen MR) is 144 cm³/mol. The number of rotatable bonds is 10. The molecular weight excluding hydrogens is 486 g/mol. The highest BCUT2D eigenvalue weighted by Gasteiger charge is 2.24. The Morgan fingerprint density at radius 3 is 2.63 bits per heavy atom. The number of methoxy groups -OCH3 is 1. The van der Waals surface area contributed by atoms with E-state index in [9.17, 15) is 14.7 Å². The zero-order valence-corrected chi connectivity index (χ0v) is 21.1. The van der Waals surface area contributed by atoms with Crippen LogP contribution in [0.5, 0.6) is 17.2 Å². The molecule has 6 N–H and O–H groups in total. The van der Waals surface area contributed by atoms with Gasteiger partial charge in [0.1, 0.15) is 23.0 Å². The normalized spacial score (nSPS) is 15.7. The van der Waals surface area contributed by atoms with E-state index in [1.165, 1.54) is 30.9 Å². The van der Waals surface area contributed by atoms with Crippen molar-refractivity contribution in [2.45, 2.75) is 19.0 Å². The molecular formula is C28H31N5O5. The van der Waals surface area contributed by atoms with Crippen molar-refractivity contribution in [2.75, 3.05) is 32.5 Å². The molecule has 0 aromatic heterocycles. The highest BCUT2D eigenvalue weighted by Crippen LogP contribution is 2.28. The van der Waals surface area contributed by atoms with Crippen LogP contribution in [0.4, 0.5) is 5.69 Å². The first-order chi connectivity index (χ1) is 18.4. The van der Waals surface area contributed by atoms with Crippen LogP contribution in [0.3, 0.4) is 0 Å². The SMILES string of the molecule is COc1cc(OCC(=O)N[C@H]2CCN(Cc3ccccc3)C2)ccc1C(=NN)C(=O)c1ccc(O)c(N)c1. The van der Waals surface area contributed by atoms with Crippen LogP contribution in [-0.2, 0) is 11.3 Å². The lowest BCUT2D eigenvalue weighted by Gasteiger charge is -2.17. The molecule has 3 aromatic rings. The minimum Gasteiger partial charge on any atom is -0.506 e. The average Bonchev–Trinajstić information content (AvgIpc) is 3.36. The van der Waals surface area contributed by atoms with Crippen LogP contribution in [0.2, 0.25) is 0 Å². The minimum atomic E-state index is -0.497. The number of hydrogen-bond acceptors (Lipinski definition) is 9. The fourth-order valence-corrected chi connectivity index (χ4v) is 4.39. The molecule has 0 unspecified atom stereocenters. The lowest BCUT2D eigenvalue weighted by Crippen LogP contribution is -2.39. The number of phenolic OH excluding ortho intramolecular Hbond substituents is 1. The van der Waals surface area contributed by atoms with Gasteiger partial charge in [-0.1, -0.05) is 30.3 Å². The summed E-state index contributed by atoms with van der Waals surface area (Å²) in [7, 11) is 1.44. The quantitative estimate of drug-likeness (QED) is 0.0798. The molecule has 1 aliphatic rings. The summed E-state index contributed by atoms with van der Waals surface area (Å²) < 4.78 is 11.1. The van der Waals surface area contributed by atoms with E-state index in [4.69, 9.17) is 21.1 Å². The Kier molecular flexibility index (Phi) is 8.44. The van der Waals surface area contributed by atoms with Gasteiger partial charge in [0.15, 0.2) is 6.61 Å². The second kappa shape index (κ2) is 12.1. The number of carbonyl (C=O) groups excluding carboxylic acids is 2. The van der Waals surface area contributed by atoms with Gasteiger partial charge in [0.25, 0.3) is 5.91 Å². The number of aromatic hydroxyl groups is 1. The molecule has 1 heterocycles. The molecule has 1 aliphatic heterocycles. The Balaban J connectivity index is 1.34. The summed E-state index contributed by atoms with van der Waals surface area (Å²) >= 11 is 0. The Hall–Kier alpha value is -4.57. The Morgan fingerprint density at radius 1 is 1.13 bits per heavy atom. The van der Waals surface area contributed by atoms with Crippen molar-refractivity contribution in [3.8, 4) is 17.2 Å². The van der Waals surface area contributed by atoms with Crippen molar-refractivity contribution in [3.05, 3.63) is 83.4 Å². The van der Waals surface area contributed by atoms with E-state index in [1.54, 1.807) is 18.2 Å². The smallest absolute Gasteiger partial charge is 0.258 e. The third-order valence-electron chi connectivity index (χ3n) is 6.32. The first-order valence-corrected chi connectivity index (χ1v) is 12.2. The van der Waals surface area contributed by atoms with Crippen LogP contribution in [0, 0.1) is 0 Å². The highest BCUT2D eigenvalue weighted by atomic mass is 16.5. The number of nitrogen functional groups attached to an aromatic ring is 1. The molecule has 1 saturated heterocycles. The van der Waals surface area contributed by atoms with Crippen molar-refractivity contribution in [2.24, 2.45) is 10.9 Å². The van der Waals surface area contributed by atoms with E-state index >= 15 is 0 Å². The van der Waals surface area contributed by atoms with Crippen molar-refractivity contribution in [3.63, 3.8) is 0 Å². The third-order valence-corrected chi connectivity index (χ3v) is 6.32. The van der Waals surface area contributed by atoms with Crippen LogP contribution < -0.4 is 26.4 Å². The van der Waals surface area contributed by atoms with E-state index in [1.807, 2.05) is 18.2 Å². The number of nitrogens with two attached hydrogens (primary N) is 2. The molecule has 0 radical (unpaired) electrons. The number of phenols is 1. The van der Waals surface area contributed by atoms with E-state index in [-0.39, 0.29) is 41.3 Å². The van der Waals surface area contributed by atoms with E-state index in [2.05, 4.69) is 27.5 Å². The largest absolute Gasteiger partial charge is 0.506 e. The van der Waals surface area contributed by atoms with Crippen LogP contribution >= 0.6 is 0 Å². The Labute approximate surface area is 220 Å². The second-order valence-electron chi connectivity index (χ2n) is 9.01. The number of benzene rings is 3. The third kappa shape index (κ3) is 6.40. The number of ether oxygens (including phenoxy) is 2. The summed E-state index contributed by atoms with van der Waals surface area (Å²) in [5.74, 6) is 5.37. The highest BCUT2D eigenvalue weighted by molar-refractivity contribution is 6.52. The summed E-state index contributed by atoms with van der Waals surface area (Å²) in [4.78, 5) is 27.8. The molecule has 10 nitrogen and oxygen atoms in total. The Bertz CT molecular complexity index is 1330. The summed E-state index contributed by atoms with van der Waals surface area (Å²) in [6, 6.07) is 19.1. The molecule has 3 aromatic carbocycles. The fourth-order valence-electron chi connectivity index (χ4n) is 4.39. The van der Waals surface area contributed by atoms with E-state index in [0.717, 1.165) is 26.1 Å². The van der Waals surface area contributed by atoms with Crippen molar-refractivity contribution in [1.29, 1.82) is 0 Å². The summed E-state index contributed by atoms with van der Waals surface area (Å²) in [5, 5.41) is 16.3. The molecule has 10 heteroatoms. The van der Waals surface area contributed by atoms with Crippen LogP contribution in [0.15, 0.2) is 71.8 Å². The first kappa shape index (κ1) is 26.5. The second-order valence-corrected chi connectivity index (χ2v) is 9.01. The molecule has 4 rings (SSSR count). The van der Waals surface area contributed by atoms with Crippen molar-refractivity contribution >= 4 is 23.1 Å². The Morgan fingerprint density at radius 2 is 1.92 bits per heavy atom. The molecule has 0 aliphatic carbocycles.